The zero-order chi connectivity index (χ0) is 16.8. The van der Waals surface area contributed by atoms with E-state index < -0.39 is 0 Å². The van der Waals surface area contributed by atoms with Crippen molar-refractivity contribution >= 4 is 9.35 Å². The maximum absolute atomic E-state index is 2.42. The van der Waals surface area contributed by atoms with E-state index in [1.165, 1.54) is 69.1 Å². The van der Waals surface area contributed by atoms with Gasteiger partial charge < -0.3 is 0 Å². The fraction of sp³-hybridized carbons (Fsp3) is 0.714. The summed E-state index contributed by atoms with van der Waals surface area (Å²) in [5, 5.41) is 0. The molecule has 0 heterocycles. The summed E-state index contributed by atoms with van der Waals surface area (Å²) in [4.78, 5) is 1.48. The van der Waals surface area contributed by atoms with E-state index >= 15 is 0 Å². The predicted molar refractivity (Wildman–Crippen MR) is 103 cm³/mol. The number of unbranched alkanes of at least 4 members (excludes halogenated alkanes) is 8. The van der Waals surface area contributed by atoms with Crippen LogP contribution < -0.4 is 0 Å². The Morgan fingerprint density at radius 1 is 0.826 bits per heavy atom. The molecule has 0 bridgehead atoms. The third kappa shape index (κ3) is 11.5. The molecule has 1 atom stereocenters. The van der Waals surface area contributed by atoms with Gasteiger partial charge in [-0.15, -0.1) is 0 Å². The van der Waals surface area contributed by atoms with E-state index in [0.717, 1.165) is 10.1 Å². The molecule has 130 valence electrons. The second kappa shape index (κ2) is 14.6. The quantitative estimate of drug-likeness (QED) is 0.236. The molecule has 0 spiro atoms. The van der Waals surface area contributed by atoms with Crippen LogP contribution in [0.4, 0.5) is 0 Å². The van der Waals surface area contributed by atoms with Crippen LogP contribution in [0, 0.1) is 5.92 Å². The molecule has 0 radical (unpaired) electrons. The van der Waals surface area contributed by atoms with Crippen LogP contribution in [0.25, 0.3) is 0 Å². The third-order valence-corrected chi connectivity index (χ3v) is 9.99. The molecule has 0 fully saturated rings. The van der Waals surface area contributed by atoms with Crippen LogP contribution in [0.2, 0.25) is 4.22 Å². The molecular weight excluding hydrogens is 332 g/mol. The molecule has 1 rings (SSSR count). The summed E-state index contributed by atoms with van der Waals surface area (Å²) in [5.41, 5.74) is 0. The minimum atomic E-state index is 0.0760. The van der Waals surface area contributed by atoms with Crippen LogP contribution in [0.5, 0.6) is 0 Å². The van der Waals surface area contributed by atoms with Gasteiger partial charge in [0.15, 0.2) is 0 Å². The normalized spacial score (nSPS) is 12.5. The van der Waals surface area contributed by atoms with Gasteiger partial charge in [0.2, 0.25) is 0 Å². The fourth-order valence-corrected chi connectivity index (χ4v) is 7.94. The Balaban J connectivity index is 2.07. The number of hydrogen-bond donors (Lipinski definition) is 0. The number of rotatable bonds is 14. The Kier molecular flexibility index (Phi) is 13.5. The Labute approximate surface area is 157 Å². The van der Waals surface area contributed by atoms with Crippen molar-refractivity contribution in [2.75, 3.05) is 0 Å². The van der Waals surface area contributed by atoms with Crippen molar-refractivity contribution in [1.29, 1.82) is 0 Å². The summed E-state index contributed by atoms with van der Waals surface area (Å²) < 4.78 is 0.991. The summed E-state index contributed by atoms with van der Waals surface area (Å²) in [6.45, 7) is 7.14. The van der Waals surface area contributed by atoms with E-state index in [1.54, 1.807) is 0 Å². The molecular formula is C21H36STi. The average molecular weight is 368 g/mol. The van der Waals surface area contributed by atoms with Gasteiger partial charge in [0, 0.05) is 0 Å². The topological polar surface area (TPSA) is 0 Å². The van der Waals surface area contributed by atoms with Gasteiger partial charge in [-0.3, -0.25) is 0 Å². The third-order valence-electron chi connectivity index (χ3n) is 4.49. The average Bonchev–Trinajstić information content (AvgIpc) is 2.56. The zero-order valence-corrected chi connectivity index (χ0v) is 17.9. The van der Waals surface area contributed by atoms with Gasteiger partial charge in [0.25, 0.3) is 0 Å². The van der Waals surface area contributed by atoms with Crippen LogP contribution in [-0.4, -0.2) is 0 Å². The SMILES string of the molecule is CCCCCCCCCCC[CH]([Ti][S]c1ccccc1)C(C)C. The predicted octanol–water partition coefficient (Wildman–Crippen LogP) is 8.14. The molecule has 1 unspecified atom stereocenters. The van der Waals surface area contributed by atoms with Crippen LogP contribution >= 0.6 is 9.35 Å². The van der Waals surface area contributed by atoms with E-state index in [9.17, 15) is 0 Å². The molecule has 23 heavy (non-hydrogen) atoms. The Morgan fingerprint density at radius 3 is 1.96 bits per heavy atom. The second-order valence-electron chi connectivity index (χ2n) is 7.00. The van der Waals surface area contributed by atoms with Gasteiger partial charge >= 0.3 is 158 Å². The van der Waals surface area contributed by atoms with Crippen molar-refractivity contribution in [1.82, 2.24) is 0 Å². The van der Waals surface area contributed by atoms with Crippen molar-refractivity contribution < 1.29 is 17.9 Å². The van der Waals surface area contributed by atoms with Gasteiger partial charge in [0.1, 0.15) is 0 Å². The summed E-state index contributed by atoms with van der Waals surface area (Å²) in [5.74, 6) is 0.861. The first-order valence-corrected chi connectivity index (χ1v) is 13.3. The summed E-state index contributed by atoms with van der Waals surface area (Å²) in [7, 11) is 2.16. The van der Waals surface area contributed by atoms with Gasteiger partial charge in [-0.25, -0.2) is 0 Å². The molecule has 0 aromatic heterocycles. The molecule has 0 nitrogen and oxygen atoms in total. The molecule has 0 aliphatic heterocycles. The van der Waals surface area contributed by atoms with Crippen molar-refractivity contribution in [3.05, 3.63) is 30.3 Å². The van der Waals surface area contributed by atoms with E-state index in [-0.39, 0.29) is 17.9 Å². The summed E-state index contributed by atoms with van der Waals surface area (Å²) in [6, 6.07) is 11.0. The van der Waals surface area contributed by atoms with Crippen molar-refractivity contribution in [3.8, 4) is 0 Å². The fourth-order valence-electron chi connectivity index (χ4n) is 2.84. The van der Waals surface area contributed by atoms with Crippen LogP contribution in [0.3, 0.4) is 0 Å². The van der Waals surface area contributed by atoms with Crippen molar-refractivity contribution in [3.63, 3.8) is 0 Å². The monoisotopic (exact) mass is 368 g/mol. The molecule has 0 aliphatic carbocycles. The van der Waals surface area contributed by atoms with Crippen LogP contribution in [-0.2, 0) is 17.9 Å². The van der Waals surface area contributed by atoms with E-state index in [1.807, 2.05) is 0 Å². The first-order valence-electron chi connectivity index (χ1n) is 9.71. The molecule has 0 aliphatic rings. The minimum absolute atomic E-state index is 0.0760. The molecule has 0 amide bonds. The van der Waals surface area contributed by atoms with Gasteiger partial charge in [-0.2, -0.15) is 0 Å². The maximum atomic E-state index is 2.42. The van der Waals surface area contributed by atoms with Gasteiger partial charge in [-0.1, -0.05) is 0 Å². The molecule has 0 N–H and O–H groups in total. The number of hydrogen-bond acceptors (Lipinski definition) is 1. The van der Waals surface area contributed by atoms with Gasteiger partial charge in [0.05, 0.1) is 0 Å². The van der Waals surface area contributed by atoms with E-state index in [4.69, 9.17) is 0 Å². The van der Waals surface area contributed by atoms with E-state index in [2.05, 4.69) is 60.5 Å². The zero-order valence-electron chi connectivity index (χ0n) is 15.5. The van der Waals surface area contributed by atoms with Crippen LogP contribution in [0.15, 0.2) is 35.2 Å². The molecule has 2 heteroatoms. The van der Waals surface area contributed by atoms with Crippen LogP contribution in [0.1, 0.15) is 85.0 Å². The standard InChI is InChI=1S/C15H31.C6H6S.Ti/c1-4-5-6-7-8-9-10-11-12-13-14-15(2)3;7-6-4-2-1-3-5-6;/h14-15H,4-13H2,1-3H3;1-5,7H;/q;;+1/p-1. The molecule has 0 saturated heterocycles. The summed E-state index contributed by atoms with van der Waals surface area (Å²) >= 11 is 0.0760. The van der Waals surface area contributed by atoms with E-state index in [0.29, 0.717) is 0 Å². The first-order chi connectivity index (χ1) is 11.2. The van der Waals surface area contributed by atoms with Crippen molar-refractivity contribution in [2.45, 2.75) is 94.1 Å². The second-order valence-corrected chi connectivity index (χ2v) is 11.1. The Hall–Kier alpha value is 0.284. The molecule has 1 aromatic rings. The Bertz CT molecular complexity index is 363. The Morgan fingerprint density at radius 2 is 1.39 bits per heavy atom. The number of benzene rings is 1. The van der Waals surface area contributed by atoms with Gasteiger partial charge in [-0.05, 0) is 0 Å². The summed E-state index contributed by atoms with van der Waals surface area (Å²) in [6.07, 6.45) is 14.5. The molecule has 1 aromatic carbocycles. The first kappa shape index (κ1) is 21.3. The molecule has 0 saturated carbocycles. The van der Waals surface area contributed by atoms with Crippen molar-refractivity contribution in [2.24, 2.45) is 5.92 Å².